The zero-order valence-electron chi connectivity index (χ0n) is 10.4. The SMILES string of the molecule is CCCN1CCCCC1c1ccncc1C. The van der Waals surface area contributed by atoms with Crippen LogP contribution in [-0.4, -0.2) is 23.0 Å². The number of rotatable bonds is 3. The number of aryl methyl sites for hydroxylation is 1. The zero-order valence-corrected chi connectivity index (χ0v) is 10.4. The summed E-state index contributed by atoms with van der Waals surface area (Å²) in [6.07, 6.45) is 9.22. The highest BCUT2D eigenvalue weighted by atomic mass is 15.2. The van der Waals surface area contributed by atoms with Gasteiger partial charge in [-0.2, -0.15) is 0 Å². The van der Waals surface area contributed by atoms with Crippen molar-refractivity contribution in [2.75, 3.05) is 13.1 Å². The molecule has 1 saturated heterocycles. The molecule has 0 aromatic carbocycles. The molecule has 1 atom stereocenters. The van der Waals surface area contributed by atoms with Gasteiger partial charge in [0.25, 0.3) is 0 Å². The number of piperidine rings is 1. The van der Waals surface area contributed by atoms with E-state index >= 15 is 0 Å². The number of hydrogen-bond donors (Lipinski definition) is 0. The van der Waals surface area contributed by atoms with Crippen molar-refractivity contribution in [1.82, 2.24) is 9.88 Å². The van der Waals surface area contributed by atoms with E-state index in [1.54, 1.807) is 0 Å². The van der Waals surface area contributed by atoms with Gasteiger partial charge in [-0.05, 0) is 56.5 Å². The molecule has 0 spiro atoms. The molecule has 0 radical (unpaired) electrons. The quantitative estimate of drug-likeness (QED) is 0.773. The van der Waals surface area contributed by atoms with Crippen molar-refractivity contribution in [3.63, 3.8) is 0 Å². The highest BCUT2D eigenvalue weighted by molar-refractivity contribution is 5.25. The van der Waals surface area contributed by atoms with Crippen LogP contribution >= 0.6 is 0 Å². The fourth-order valence-corrected chi connectivity index (χ4v) is 2.76. The second kappa shape index (κ2) is 5.44. The number of aromatic nitrogens is 1. The maximum absolute atomic E-state index is 4.19. The molecule has 0 bridgehead atoms. The van der Waals surface area contributed by atoms with E-state index < -0.39 is 0 Å². The van der Waals surface area contributed by atoms with Gasteiger partial charge < -0.3 is 0 Å². The molecular weight excluding hydrogens is 196 g/mol. The fraction of sp³-hybridized carbons (Fsp3) is 0.643. The molecule has 0 N–H and O–H groups in total. The second-order valence-electron chi connectivity index (χ2n) is 4.78. The Bertz CT molecular complexity index is 333. The molecular formula is C14H22N2. The molecule has 0 saturated carbocycles. The third-order valence-corrected chi connectivity index (χ3v) is 3.55. The summed E-state index contributed by atoms with van der Waals surface area (Å²) >= 11 is 0. The Morgan fingerprint density at radius 3 is 3.06 bits per heavy atom. The number of pyridine rings is 1. The van der Waals surface area contributed by atoms with Gasteiger partial charge in [0, 0.05) is 18.4 Å². The Balaban J connectivity index is 2.19. The van der Waals surface area contributed by atoms with Crippen molar-refractivity contribution in [3.8, 4) is 0 Å². The molecule has 1 aromatic heterocycles. The summed E-state index contributed by atoms with van der Waals surface area (Å²) in [5.74, 6) is 0. The smallest absolute Gasteiger partial charge is 0.0351 e. The first-order valence-corrected chi connectivity index (χ1v) is 6.47. The molecule has 88 valence electrons. The van der Waals surface area contributed by atoms with E-state index in [1.807, 2.05) is 12.4 Å². The normalized spacial score (nSPS) is 22.2. The van der Waals surface area contributed by atoms with Crippen LogP contribution < -0.4 is 0 Å². The van der Waals surface area contributed by atoms with E-state index in [1.165, 1.54) is 49.9 Å². The third kappa shape index (κ3) is 2.43. The van der Waals surface area contributed by atoms with Gasteiger partial charge >= 0.3 is 0 Å². The van der Waals surface area contributed by atoms with Gasteiger partial charge in [0.1, 0.15) is 0 Å². The molecule has 2 heterocycles. The van der Waals surface area contributed by atoms with Gasteiger partial charge in [0.05, 0.1) is 0 Å². The molecule has 2 nitrogen and oxygen atoms in total. The molecule has 1 unspecified atom stereocenters. The molecule has 0 amide bonds. The monoisotopic (exact) mass is 218 g/mol. The summed E-state index contributed by atoms with van der Waals surface area (Å²) < 4.78 is 0. The standard InChI is InChI=1S/C14H22N2/c1-3-9-16-10-5-4-6-14(16)13-7-8-15-11-12(13)2/h7-8,11,14H,3-6,9-10H2,1-2H3. The van der Waals surface area contributed by atoms with E-state index in [9.17, 15) is 0 Å². The highest BCUT2D eigenvalue weighted by Crippen LogP contribution is 2.32. The number of nitrogens with zero attached hydrogens (tertiary/aromatic N) is 2. The Hall–Kier alpha value is -0.890. The summed E-state index contributed by atoms with van der Waals surface area (Å²) in [4.78, 5) is 6.84. The minimum atomic E-state index is 0.636. The van der Waals surface area contributed by atoms with Crippen LogP contribution in [0, 0.1) is 6.92 Å². The maximum atomic E-state index is 4.19. The first-order valence-electron chi connectivity index (χ1n) is 6.47. The third-order valence-electron chi connectivity index (χ3n) is 3.55. The first kappa shape index (κ1) is 11.6. The van der Waals surface area contributed by atoms with E-state index in [2.05, 4.69) is 29.8 Å². The average Bonchev–Trinajstić information content (AvgIpc) is 2.31. The van der Waals surface area contributed by atoms with Gasteiger partial charge in [-0.25, -0.2) is 0 Å². The van der Waals surface area contributed by atoms with E-state index in [4.69, 9.17) is 0 Å². The van der Waals surface area contributed by atoms with Crippen molar-refractivity contribution >= 4 is 0 Å². The molecule has 0 aliphatic carbocycles. The van der Waals surface area contributed by atoms with Crippen LogP contribution in [0.15, 0.2) is 18.5 Å². The Morgan fingerprint density at radius 2 is 2.31 bits per heavy atom. The lowest BCUT2D eigenvalue weighted by Gasteiger charge is -2.36. The summed E-state index contributed by atoms with van der Waals surface area (Å²) in [6.45, 7) is 6.94. The van der Waals surface area contributed by atoms with E-state index in [-0.39, 0.29) is 0 Å². The van der Waals surface area contributed by atoms with Crippen LogP contribution in [0.2, 0.25) is 0 Å². The molecule has 1 aliphatic rings. The number of likely N-dealkylation sites (tertiary alicyclic amines) is 1. The van der Waals surface area contributed by atoms with E-state index in [0.29, 0.717) is 6.04 Å². The lowest BCUT2D eigenvalue weighted by molar-refractivity contribution is 0.148. The van der Waals surface area contributed by atoms with Crippen molar-refractivity contribution < 1.29 is 0 Å². The maximum Gasteiger partial charge on any atom is 0.0351 e. The van der Waals surface area contributed by atoms with Gasteiger partial charge in [0.2, 0.25) is 0 Å². The molecule has 2 rings (SSSR count). The minimum Gasteiger partial charge on any atom is -0.296 e. The molecule has 1 fully saturated rings. The first-order chi connectivity index (χ1) is 7.83. The summed E-state index contributed by atoms with van der Waals surface area (Å²) in [5.41, 5.74) is 2.83. The Kier molecular flexibility index (Phi) is 3.94. The topological polar surface area (TPSA) is 16.1 Å². The van der Waals surface area contributed by atoms with Crippen LogP contribution in [0.4, 0.5) is 0 Å². The van der Waals surface area contributed by atoms with Crippen molar-refractivity contribution in [2.45, 2.75) is 45.6 Å². The van der Waals surface area contributed by atoms with Crippen molar-refractivity contribution in [2.24, 2.45) is 0 Å². The van der Waals surface area contributed by atoms with Crippen molar-refractivity contribution in [1.29, 1.82) is 0 Å². The largest absolute Gasteiger partial charge is 0.296 e. The van der Waals surface area contributed by atoms with Gasteiger partial charge in [0.15, 0.2) is 0 Å². The fourth-order valence-electron chi connectivity index (χ4n) is 2.76. The van der Waals surface area contributed by atoms with Crippen LogP contribution in [0.5, 0.6) is 0 Å². The second-order valence-corrected chi connectivity index (χ2v) is 4.78. The molecule has 16 heavy (non-hydrogen) atoms. The lowest BCUT2D eigenvalue weighted by Crippen LogP contribution is -2.34. The minimum absolute atomic E-state index is 0.636. The van der Waals surface area contributed by atoms with Crippen molar-refractivity contribution in [3.05, 3.63) is 29.6 Å². The molecule has 1 aromatic rings. The predicted octanol–water partition coefficient (Wildman–Crippen LogP) is 3.33. The van der Waals surface area contributed by atoms with Crippen LogP contribution in [0.25, 0.3) is 0 Å². The predicted molar refractivity (Wildman–Crippen MR) is 67.4 cm³/mol. The average molecular weight is 218 g/mol. The Labute approximate surface area is 98.7 Å². The van der Waals surface area contributed by atoms with Gasteiger partial charge in [-0.3, -0.25) is 9.88 Å². The highest BCUT2D eigenvalue weighted by Gasteiger charge is 2.23. The summed E-state index contributed by atoms with van der Waals surface area (Å²) in [7, 11) is 0. The van der Waals surface area contributed by atoms with Crippen LogP contribution in [-0.2, 0) is 0 Å². The zero-order chi connectivity index (χ0) is 11.4. The summed E-state index contributed by atoms with van der Waals surface area (Å²) in [6, 6.07) is 2.84. The van der Waals surface area contributed by atoms with Crippen LogP contribution in [0.1, 0.15) is 49.8 Å². The van der Waals surface area contributed by atoms with E-state index in [0.717, 1.165) is 0 Å². The van der Waals surface area contributed by atoms with Gasteiger partial charge in [-0.1, -0.05) is 13.3 Å². The number of hydrogen-bond acceptors (Lipinski definition) is 2. The molecule has 2 heteroatoms. The summed E-state index contributed by atoms with van der Waals surface area (Å²) in [5, 5.41) is 0. The van der Waals surface area contributed by atoms with Gasteiger partial charge in [-0.15, -0.1) is 0 Å². The molecule has 1 aliphatic heterocycles. The van der Waals surface area contributed by atoms with Crippen LogP contribution in [0.3, 0.4) is 0 Å². The Morgan fingerprint density at radius 1 is 1.44 bits per heavy atom. The lowest BCUT2D eigenvalue weighted by atomic mass is 9.93.